The zero-order chi connectivity index (χ0) is 11.2. The van der Waals surface area contributed by atoms with Crippen molar-refractivity contribution in [3.63, 3.8) is 0 Å². The highest BCUT2D eigenvalue weighted by atomic mass is 14.9. The van der Waals surface area contributed by atoms with Crippen molar-refractivity contribution in [1.82, 2.24) is 15.0 Å². The number of H-pyrrole nitrogens is 1. The van der Waals surface area contributed by atoms with Crippen molar-refractivity contribution < 1.29 is 0 Å². The Balaban J connectivity index is 2.28. The Bertz CT molecular complexity index is 840. The molecule has 3 heterocycles. The summed E-state index contributed by atoms with van der Waals surface area (Å²) in [5.41, 5.74) is 3.81. The number of rotatable bonds is 0. The third kappa shape index (κ3) is 1.16. The molecular weight excluding hydrogens is 210 g/mol. The molecule has 3 aromatic heterocycles. The maximum absolute atomic E-state index is 4.57. The fourth-order valence-electron chi connectivity index (χ4n) is 2.23. The van der Waals surface area contributed by atoms with E-state index in [9.17, 15) is 0 Å². The van der Waals surface area contributed by atoms with E-state index in [2.05, 4.69) is 27.1 Å². The SMILES string of the molecule is c1c[nH]c2cc3c(nc2c1)nc1ccccc13. The highest BCUT2D eigenvalue weighted by Crippen LogP contribution is 2.26. The van der Waals surface area contributed by atoms with E-state index in [4.69, 9.17) is 0 Å². The minimum absolute atomic E-state index is 0.818. The quantitative estimate of drug-likeness (QED) is 0.493. The van der Waals surface area contributed by atoms with E-state index in [1.165, 1.54) is 0 Å². The van der Waals surface area contributed by atoms with Crippen LogP contribution in [0.4, 0.5) is 0 Å². The standard InChI is InChI=1S/C14H9N3/c1-2-5-11-9(4-1)10-8-13-12(6-3-7-15-13)17-14(10)16-11/h1-8,15H. The van der Waals surface area contributed by atoms with Crippen LogP contribution in [0.1, 0.15) is 0 Å². The number of fused-ring (bicyclic) bond motifs is 4. The second-order valence-corrected chi connectivity index (χ2v) is 4.09. The number of hydrogen-bond donors (Lipinski definition) is 1. The van der Waals surface area contributed by atoms with Gasteiger partial charge in [0.2, 0.25) is 0 Å². The van der Waals surface area contributed by atoms with Gasteiger partial charge in [-0.15, -0.1) is 0 Å². The predicted octanol–water partition coefficient (Wildman–Crippen LogP) is 3.26. The summed E-state index contributed by atoms with van der Waals surface area (Å²) < 4.78 is 0. The predicted molar refractivity (Wildman–Crippen MR) is 68.9 cm³/mol. The van der Waals surface area contributed by atoms with E-state index >= 15 is 0 Å². The highest BCUT2D eigenvalue weighted by Gasteiger charge is 2.07. The van der Waals surface area contributed by atoms with Crippen LogP contribution in [-0.2, 0) is 0 Å². The normalized spacial score (nSPS) is 11.5. The van der Waals surface area contributed by atoms with Crippen LogP contribution in [0, 0.1) is 0 Å². The molecule has 3 nitrogen and oxygen atoms in total. The van der Waals surface area contributed by atoms with Crippen LogP contribution in [-0.4, -0.2) is 15.0 Å². The molecule has 0 amide bonds. The average Bonchev–Trinajstić information content (AvgIpc) is 2.73. The lowest BCUT2D eigenvalue weighted by Gasteiger charge is -1.96. The Kier molecular flexibility index (Phi) is 1.56. The maximum atomic E-state index is 4.57. The first kappa shape index (κ1) is 8.70. The van der Waals surface area contributed by atoms with Gasteiger partial charge in [-0.25, -0.2) is 9.97 Å². The number of benzene rings is 1. The monoisotopic (exact) mass is 219 g/mol. The number of para-hydroxylation sites is 1. The lowest BCUT2D eigenvalue weighted by atomic mass is 10.2. The first-order valence-electron chi connectivity index (χ1n) is 5.54. The fraction of sp³-hybridized carbons (Fsp3) is 0. The van der Waals surface area contributed by atoms with Gasteiger partial charge in [0.05, 0.1) is 16.6 Å². The molecule has 0 aliphatic carbocycles. The molecule has 4 rings (SSSR count). The minimum Gasteiger partial charge on any atom is -0.360 e. The summed E-state index contributed by atoms with van der Waals surface area (Å²) in [5, 5.41) is 2.27. The summed E-state index contributed by atoms with van der Waals surface area (Å²) in [4.78, 5) is 12.3. The number of nitrogens with one attached hydrogen (secondary N) is 1. The lowest BCUT2D eigenvalue weighted by Crippen LogP contribution is -1.82. The molecule has 1 aromatic carbocycles. The van der Waals surface area contributed by atoms with Crippen LogP contribution in [0.15, 0.2) is 48.7 Å². The molecule has 0 fully saturated rings. The summed E-state index contributed by atoms with van der Waals surface area (Å²) >= 11 is 0. The maximum Gasteiger partial charge on any atom is 0.161 e. The van der Waals surface area contributed by atoms with Gasteiger partial charge >= 0.3 is 0 Å². The van der Waals surface area contributed by atoms with Crippen molar-refractivity contribution in [3.05, 3.63) is 48.7 Å². The van der Waals surface area contributed by atoms with E-state index in [0.717, 1.165) is 33.0 Å². The van der Waals surface area contributed by atoms with Gasteiger partial charge < -0.3 is 4.98 Å². The summed E-state index contributed by atoms with van der Waals surface area (Å²) in [7, 11) is 0. The summed E-state index contributed by atoms with van der Waals surface area (Å²) in [6, 6.07) is 14.2. The van der Waals surface area contributed by atoms with Gasteiger partial charge in [-0.3, -0.25) is 0 Å². The van der Waals surface area contributed by atoms with E-state index in [0.29, 0.717) is 0 Å². The third-order valence-electron chi connectivity index (χ3n) is 3.04. The van der Waals surface area contributed by atoms with Crippen molar-refractivity contribution in [1.29, 1.82) is 0 Å². The van der Waals surface area contributed by atoms with E-state index in [1.54, 1.807) is 0 Å². The van der Waals surface area contributed by atoms with Gasteiger partial charge in [0.25, 0.3) is 0 Å². The molecule has 3 heteroatoms. The topological polar surface area (TPSA) is 41.6 Å². The Labute approximate surface area is 97.1 Å². The van der Waals surface area contributed by atoms with Crippen molar-refractivity contribution in [3.8, 4) is 0 Å². The molecule has 1 N–H and O–H groups in total. The van der Waals surface area contributed by atoms with Gasteiger partial charge in [-0.2, -0.15) is 0 Å². The third-order valence-corrected chi connectivity index (χ3v) is 3.04. The van der Waals surface area contributed by atoms with E-state index < -0.39 is 0 Å². The van der Waals surface area contributed by atoms with Gasteiger partial charge in [-0.05, 0) is 24.3 Å². The van der Waals surface area contributed by atoms with Gasteiger partial charge in [0.15, 0.2) is 5.65 Å². The zero-order valence-corrected chi connectivity index (χ0v) is 9.01. The van der Waals surface area contributed by atoms with Gasteiger partial charge in [-0.1, -0.05) is 18.2 Å². The summed E-state index contributed by atoms with van der Waals surface area (Å²) in [6.07, 6.45) is 1.91. The molecule has 0 saturated heterocycles. The molecule has 80 valence electrons. The van der Waals surface area contributed by atoms with Gasteiger partial charge in [0, 0.05) is 17.0 Å². The number of aromatic nitrogens is 3. The van der Waals surface area contributed by atoms with Crippen molar-refractivity contribution >= 4 is 33.0 Å². The smallest absolute Gasteiger partial charge is 0.161 e. The second kappa shape index (κ2) is 3.04. The number of pyridine rings is 2. The largest absolute Gasteiger partial charge is 0.360 e. The first-order chi connectivity index (χ1) is 8.42. The molecule has 0 aliphatic rings. The van der Waals surface area contributed by atoms with E-state index in [-0.39, 0.29) is 0 Å². The summed E-state index contributed by atoms with van der Waals surface area (Å²) in [5.74, 6) is 0. The Morgan fingerprint density at radius 3 is 2.65 bits per heavy atom. The molecule has 0 atom stereocenters. The summed E-state index contributed by atoms with van der Waals surface area (Å²) in [6.45, 7) is 0. The molecular formula is C14H9N3. The Morgan fingerprint density at radius 2 is 1.65 bits per heavy atom. The van der Waals surface area contributed by atoms with Crippen LogP contribution in [0.2, 0.25) is 0 Å². The molecule has 17 heavy (non-hydrogen) atoms. The van der Waals surface area contributed by atoms with Crippen molar-refractivity contribution in [2.75, 3.05) is 0 Å². The van der Waals surface area contributed by atoms with Crippen LogP contribution in [0.3, 0.4) is 0 Å². The van der Waals surface area contributed by atoms with Gasteiger partial charge in [0.1, 0.15) is 0 Å². The number of nitrogens with zero attached hydrogens (tertiary/aromatic N) is 2. The number of aromatic amines is 1. The highest BCUT2D eigenvalue weighted by molar-refractivity contribution is 6.08. The molecule has 0 bridgehead atoms. The second-order valence-electron chi connectivity index (χ2n) is 4.09. The molecule has 0 saturated carbocycles. The molecule has 0 aliphatic heterocycles. The average molecular weight is 219 g/mol. The van der Waals surface area contributed by atoms with Crippen LogP contribution in [0.25, 0.3) is 33.0 Å². The zero-order valence-electron chi connectivity index (χ0n) is 9.01. The Morgan fingerprint density at radius 1 is 0.824 bits per heavy atom. The lowest BCUT2D eigenvalue weighted by molar-refractivity contribution is 1.35. The van der Waals surface area contributed by atoms with Crippen LogP contribution < -0.4 is 0 Å². The van der Waals surface area contributed by atoms with E-state index in [1.807, 2.05) is 36.5 Å². The molecule has 4 aromatic rings. The van der Waals surface area contributed by atoms with Crippen LogP contribution in [0.5, 0.6) is 0 Å². The first-order valence-corrected chi connectivity index (χ1v) is 5.54. The number of hydrogen-bond acceptors (Lipinski definition) is 2. The Hall–Kier alpha value is -2.42. The minimum atomic E-state index is 0.818. The fourth-order valence-corrected chi connectivity index (χ4v) is 2.23. The van der Waals surface area contributed by atoms with Crippen molar-refractivity contribution in [2.24, 2.45) is 0 Å². The molecule has 0 unspecified atom stereocenters. The molecule has 0 spiro atoms. The van der Waals surface area contributed by atoms with Crippen LogP contribution >= 0.6 is 0 Å². The van der Waals surface area contributed by atoms with Crippen molar-refractivity contribution in [2.45, 2.75) is 0 Å². The molecule has 0 radical (unpaired) electrons.